The monoisotopic (exact) mass is 491 g/mol. The van der Waals surface area contributed by atoms with Crippen LogP contribution in [0, 0.1) is 0 Å². The van der Waals surface area contributed by atoms with Crippen LogP contribution >= 0.6 is 11.8 Å². The van der Waals surface area contributed by atoms with Crippen LogP contribution in [0.3, 0.4) is 0 Å². The standard InChI is InChI=1S/C30H39NOS.C2H6/c1-8-12-28-22(6)30(26-16-14-24(20-29(26)32-28)31(10-3)11-4)25-15-13-23(9-2)19-27(25)21(5)17-18-33-7;1-2/h12-16,19-20H,5,8-11,17-18H2,1-4,6-7H3;1-2H3/b28-12-;. The summed E-state index contributed by atoms with van der Waals surface area (Å²) >= 11 is 1.87. The highest BCUT2D eigenvalue weighted by Crippen LogP contribution is 2.45. The highest BCUT2D eigenvalue weighted by atomic mass is 32.2. The summed E-state index contributed by atoms with van der Waals surface area (Å²) in [5.41, 5.74) is 9.94. The molecule has 0 saturated carbocycles. The molecule has 1 aliphatic heterocycles. The van der Waals surface area contributed by atoms with Gasteiger partial charge in [0.2, 0.25) is 0 Å². The molecule has 0 saturated heterocycles. The second kappa shape index (κ2) is 14.2. The minimum absolute atomic E-state index is 0.938. The third kappa shape index (κ3) is 6.64. The number of benzene rings is 2. The van der Waals surface area contributed by atoms with Crippen molar-refractivity contribution in [3.63, 3.8) is 0 Å². The van der Waals surface area contributed by atoms with Gasteiger partial charge in [0.25, 0.3) is 0 Å². The molecule has 0 aromatic heterocycles. The molecule has 0 unspecified atom stereocenters. The van der Waals surface area contributed by atoms with Gasteiger partial charge in [-0.25, -0.2) is 0 Å². The van der Waals surface area contributed by atoms with Gasteiger partial charge >= 0.3 is 0 Å². The molecule has 0 fully saturated rings. The van der Waals surface area contributed by atoms with Crippen molar-refractivity contribution in [3.05, 3.63) is 82.6 Å². The van der Waals surface area contributed by atoms with Gasteiger partial charge in [-0.05, 0) is 104 Å². The lowest BCUT2D eigenvalue weighted by molar-refractivity contribution is 0.427. The fourth-order valence-corrected chi connectivity index (χ4v) is 4.97. The number of anilines is 1. The summed E-state index contributed by atoms with van der Waals surface area (Å²) < 4.78 is 6.48. The Hall–Kier alpha value is -2.39. The fourth-order valence-electron chi connectivity index (χ4n) is 4.52. The Morgan fingerprint density at radius 2 is 1.69 bits per heavy atom. The van der Waals surface area contributed by atoms with E-state index in [4.69, 9.17) is 4.74 Å². The van der Waals surface area contributed by atoms with Crippen molar-refractivity contribution in [1.82, 2.24) is 0 Å². The van der Waals surface area contributed by atoms with Gasteiger partial charge in [-0.1, -0.05) is 52.5 Å². The van der Waals surface area contributed by atoms with Crippen molar-refractivity contribution in [2.24, 2.45) is 0 Å². The third-order valence-corrected chi connectivity index (χ3v) is 7.08. The van der Waals surface area contributed by atoms with Crippen molar-refractivity contribution in [2.75, 3.05) is 30.0 Å². The van der Waals surface area contributed by atoms with Gasteiger partial charge < -0.3 is 9.64 Å². The maximum absolute atomic E-state index is 6.48. The molecule has 0 amide bonds. The molecule has 3 rings (SSSR count). The van der Waals surface area contributed by atoms with E-state index in [9.17, 15) is 0 Å². The van der Waals surface area contributed by atoms with E-state index >= 15 is 0 Å². The van der Waals surface area contributed by atoms with Crippen LogP contribution in [-0.4, -0.2) is 25.1 Å². The Morgan fingerprint density at radius 1 is 1.00 bits per heavy atom. The van der Waals surface area contributed by atoms with Gasteiger partial charge in [0.05, 0.1) is 0 Å². The van der Waals surface area contributed by atoms with Crippen molar-refractivity contribution < 1.29 is 4.74 Å². The topological polar surface area (TPSA) is 12.5 Å². The SMILES string of the molecule is C=C(CCSC)c1cc(CC)ccc1C1=C(C)/C(=C/CC)Oc2cc(N(CC)CC)ccc21.CC. The normalized spacial score (nSPS) is 13.7. The summed E-state index contributed by atoms with van der Waals surface area (Å²) in [4.78, 5) is 2.36. The van der Waals surface area contributed by atoms with E-state index in [2.05, 4.69) is 94.8 Å². The second-order valence-corrected chi connectivity index (χ2v) is 9.50. The summed E-state index contributed by atoms with van der Waals surface area (Å²) in [5.74, 6) is 3.00. The van der Waals surface area contributed by atoms with Crippen LogP contribution in [0.1, 0.15) is 83.6 Å². The highest BCUT2D eigenvalue weighted by molar-refractivity contribution is 7.98. The Kier molecular flexibility index (Phi) is 11.7. The van der Waals surface area contributed by atoms with Gasteiger partial charge in [0.15, 0.2) is 0 Å². The van der Waals surface area contributed by atoms with Gasteiger partial charge in [0, 0.05) is 30.4 Å². The lowest BCUT2D eigenvalue weighted by Crippen LogP contribution is -2.22. The lowest BCUT2D eigenvalue weighted by Gasteiger charge is -2.29. The maximum atomic E-state index is 6.48. The maximum Gasteiger partial charge on any atom is 0.137 e. The Morgan fingerprint density at radius 3 is 2.29 bits per heavy atom. The first kappa shape index (κ1) is 28.8. The Labute approximate surface area is 219 Å². The predicted molar refractivity (Wildman–Crippen MR) is 160 cm³/mol. The van der Waals surface area contributed by atoms with Gasteiger partial charge in [0.1, 0.15) is 11.5 Å². The molecular weight excluding hydrogens is 446 g/mol. The summed E-state index contributed by atoms with van der Waals surface area (Å²) in [6.07, 6.45) is 7.32. The molecule has 2 nitrogen and oxygen atoms in total. The molecule has 190 valence electrons. The van der Waals surface area contributed by atoms with Crippen molar-refractivity contribution in [1.29, 1.82) is 0 Å². The quantitative estimate of drug-likeness (QED) is 0.328. The number of hydrogen-bond acceptors (Lipinski definition) is 3. The number of allylic oxidation sites excluding steroid dienone is 3. The molecule has 0 radical (unpaired) electrons. The van der Waals surface area contributed by atoms with Crippen LogP contribution in [0.15, 0.2) is 60.4 Å². The van der Waals surface area contributed by atoms with Crippen LogP contribution < -0.4 is 9.64 Å². The summed E-state index contributed by atoms with van der Waals surface area (Å²) in [7, 11) is 0. The number of fused-ring (bicyclic) bond motifs is 1. The number of ether oxygens (including phenoxy) is 1. The highest BCUT2D eigenvalue weighted by Gasteiger charge is 2.26. The predicted octanol–water partition coefficient (Wildman–Crippen LogP) is 9.40. The Balaban J connectivity index is 0.00000210. The summed E-state index contributed by atoms with van der Waals surface area (Å²) in [5, 5.41) is 0. The first-order valence-corrected chi connectivity index (χ1v) is 14.7. The van der Waals surface area contributed by atoms with Crippen LogP contribution in [0.25, 0.3) is 11.1 Å². The number of hydrogen-bond donors (Lipinski definition) is 0. The summed E-state index contributed by atoms with van der Waals surface area (Å²) in [6, 6.07) is 13.6. The van der Waals surface area contributed by atoms with E-state index in [1.165, 1.54) is 44.7 Å². The average molecular weight is 492 g/mol. The van der Waals surface area contributed by atoms with Crippen LogP contribution in [-0.2, 0) is 6.42 Å². The molecular formula is C32H45NOS. The van der Waals surface area contributed by atoms with E-state index < -0.39 is 0 Å². The van der Waals surface area contributed by atoms with Crippen molar-refractivity contribution >= 4 is 28.6 Å². The molecule has 3 heteroatoms. The smallest absolute Gasteiger partial charge is 0.137 e. The minimum Gasteiger partial charge on any atom is -0.457 e. The molecule has 35 heavy (non-hydrogen) atoms. The molecule has 2 aromatic rings. The molecule has 1 heterocycles. The van der Waals surface area contributed by atoms with Crippen molar-refractivity contribution in [2.45, 2.75) is 67.7 Å². The lowest BCUT2D eigenvalue weighted by atomic mass is 9.84. The zero-order valence-corrected chi connectivity index (χ0v) is 24.1. The van der Waals surface area contributed by atoms with Crippen LogP contribution in [0.4, 0.5) is 5.69 Å². The van der Waals surface area contributed by atoms with E-state index in [1.54, 1.807) is 0 Å². The fraction of sp³-hybridized carbons (Fsp3) is 0.438. The summed E-state index contributed by atoms with van der Waals surface area (Å²) in [6.45, 7) is 21.4. The first-order chi connectivity index (χ1) is 17.0. The minimum atomic E-state index is 0.938. The molecule has 0 spiro atoms. The molecule has 2 aromatic carbocycles. The zero-order chi connectivity index (χ0) is 26.0. The number of rotatable bonds is 10. The van der Waals surface area contributed by atoms with Crippen LogP contribution in [0.5, 0.6) is 5.75 Å². The second-order valence-electron chi connectivity index (χ2n) is 8.51. The third-order valence-electron chi connectivity index (χ3n) is 6.47. The van der Waals surface area contributed by atoms with E-state index in [0.29, 0.717) is 0 Å². The largest absolute Gasteiger partial charge is 0.457 e. The molecule has 0 bridgehead atoms. The Bertz CT molecular complexity index is 1060. The molecule has 0 aliphatic carbocycles. The van der Waals surface area contributed by atoms with Crippen molar-refractivity contribution in [3.8, 4) is 5.75 Å². The van der Waals surface area contributed by atoms with Gasteiger partial charge in [-0.15, -0.1) is 0 Å². The zero-order valence-electron chi connectivity index (χ0n) is 23.3. The van der Waals surface area contributed by atoms with Gasteiger partial charge in [-0.2, -0.15) is 11.8 Å². The first-order valence-electron chi connectivity index (χ1n) is 13.3. The number of aryl methyl sites for hydroxylation is 1. The number of nitrogens with zero attached hydrogens (tertiary/aromatic N) is 1. The number of thioether (sulfide) groups is 1. The average Bonchev–Trinajstić information content (AvgIpc) is 2.89. The molecule has 0 atom stereocenters. The van der Waals surface area contributed by atoms with E-state index in [0.717, 1.165) is 49.6 Å². The van der Waals surface area contributed by atoms with E-state index in [1.807, 2.05) is 25.6 Å². The van der Waals surface area contributed by atoms with Gasteiger partial charge in [-0.3, -0.25) is 0 Å². The van der Waals surface area contributed by atoms with E-state index in [-0.39, 0.29) is 0 Å². The molecule has 1 aliphatic rings. The molecule has 0 N–H and O–H groups in total. The van der Waals surface area contributed by atoms with Crippen LogP contribution in [0.2, 0.25) is 0 Å².